The van der Waals surface area contributed by atoms with Crippen LogP contribution in [0.2, 0.25) is 5.02 Å². The molecule has 0 spiro atoms. The summed E-state index contributed by atoms with van der Waals surface area (Å²) >= 11 is 6.03. The zero-order valence-electron chi connectivity index (χ0n) is 11.8. The van der Waals surface area contributed by atoms with Crippen LogP contribution in [0.5, 0.6) is 0 Å². The third-order valence-corrected chi connectivity index (χ3v) is 4.02. The molecule has 1 saturated heterocycles. The fourth-order valence-electron chi connectivity index (χ4n) is 2.75. The van der Waals surface area contributed by atoms with Gasteiger partial charge in [0.25, 0.3) is 0 Å². The first-order valence-electron chi connectivity index (χ1n) is 6.94. The number of nitrogens with zero attached hydrogens (tertiary/aromatic N) is 2. The Balaban J connectivity index is 2.07. The van der Waals surface area contributed by atoms with E-state index in [0.29, 0.717) is 11.6 Å². The lowest BCUT2D eigenvalue weighted by molar-refractivity contribution is -0.122. The summed E-state index contributed by atoms with van der Waals surface area (Å²) in [5.41, 5.74) is 1.86. The highest BCUT2D eigenvalue weighted by atomic mass is 35.5. The average molecular weight is 305 g/mol. The van der Waals surface area contributed by atoms with Gasteiger partial charge < -0.3 is 15.5 Å². The number of benzene rings is 1. The van der Waals surface area contributed by atoms with Crippen molar-refractivity contribution in [1.29, 1.82) is 0 Å². The molecule has 1 fully saturated rings. The molecule has 110 valence electrons. The number of anilines is 1. The standard InChI is InChI=1S/C15H17ClN4O/c1-17-15(21)14-9-18-6-7-20(14)13-4-5-19-12-8-10(16)2-3-11(12)13/h2-5,8,14,18H,6-7,9H2,1H3,(H,17,21). The van der Waals surface area contributed by atoms with E-state index in [9.17, 15) is 4.79 Å². The van der Waals surface area contributed by atoms with Crippen LogP contribution >= 0.6 is 11.6 Å². The van der Waals surface area contributed by atoms with Gasteiger partial charge in [0.1, 0.15) is 6.04 Å². The van der Waals surface area contributed by atoms with Gasteiger partial charge in [-0.2, -0.15) is 0 Å². The van der Waals surface area contributed by atoms with Gasteiger partial charge in [-0.1, -0.05) is 11.6 Å². The Hall–Kier alpha value is -1.85. The lowest BCUT2D eigenvalue weighted by Crippen LogP contribution is -2.57. The van der Waals surface area contributed by atoms with Crippen molar-refractivity contribution in [2.24, 2.45) is 0 Å². The third kappa shape index (κ3) is 2.66. The maximum absolute atomic E-state index is 12.1. The molecular weight excluding hydrogens is 288 g/mol. The van der Waals surface area contributed by atoms with Crippen molar-refractivity contribution in [2.75, 3.05) is 31.6 Å². The van der Waals surface area contributed by atoms with Gasteiger partial charge in [-0.25, -0.2) is 0 Å². The Bertz CT molecular complexity index is 676. The molecule has 2 aromatic rings. The molecule has 1 amide bonds. The number of rotatable bonds is 2. The van der Waals surface area contributed by atoms with Gasteiger partial charge in [0.2, 0.25) is 5.91 Å². The average Bonchev–Trinajstić information content (AvgIpc) is 2.53. The monoisotopic (exact) mass is 304 g/mol. The van der Waals surface area contributed by atoms with Gasteiger partial charge in [-0.3, -0.25) is 9.78 Å². The zero-order valence-corrected chi connectivity index (χ0v) is 12.5. The van der Waals surface area contributed by atoms with Crippen molar-refractivity contribution in [3.63, 3.8) is 0 Å². The Labute approximate surface area is 128 Å². The molecule has 3 rings (SSSR count). The van der Waals surface area contributed by atoms with E-state index >= 15 is 0 Å². The summed E-state index contributed by atoms with van der Waals surface area (Å²) in [6, 6.07) is 7.40. The summed E-state index contributed by atoms with van der Waals surface area (Å²) in [5.74, 6) is 0.0149. The summed E-state index contributed by atoms with van der Waals surface area (Å²) in [6.45, 7) is 2.27. The molecular formula is C15H17ClN4O. The Kier molecular flexibility index (Phi) is 3.94. The highest BCUT2D eigenvalue weighted by Crippen LogP contribution is 2.29. The molecule has 2 heterocycles. The van der Waals surface area contributed by atoms with Crippen LogP contribution in [0, 0.1) is 0 Å². The number of likely N-dealkylation sites (N-methyl/N-ethyl adjacent to an activating group) is 1. The predicted octanol–water partition coefficient (Wildman–Crippen LogP) is 1.41. The van der Waals surface area contributed by atoms with Crippen molar-refractivity contribution in [1.82, 2.24) is 15.6 Å². The van der Waals surface area contributed by atoms with Crippen LogP contribution in [0.4, 0.5) is 5.69 Å². The minimum atomic E-state index is -0.218. The molecule has 1 aliphatic heterocycles. The molecule has 21 heavy (non-hydrogen) atoms. The minimum Gasteiger partial charge on any atom is -0.357 e. The topological polar surface area (TPSA) is 57.3 Å². The lowest BCUT2D eigenvalue weighted by Gasteiger charge is -2.37. The summed E-state index contributed by atoms with van der Waals surface area (Å²) in [4.78, 5) is 18.6. The minimum absolute atomic E-state index is 0.0149. The summed E-state index contributed by atoms with van der Waals surface area (Å²) in [6.07, 6.45) is 1.76. The van der Waals surface area contributed by atoms with E-state index in [1.54, 1.807) is 13.2 Å². The van der Waals surface area contributed by atoms with Gasteiger partial charge in [-0.15, -0.1) is 0 Å². The third-order valence-electron chi connectivity index (χ3n) is 3.78. The van der Waals surface area contributed by atoms with Crippen molar-refractivity contribution in [3.8, 4) is 0 Å². The molecule has 1 atom stereocenters. The van der Waals surface area contributed by atoms with Crippen LogP contribution in [0.25, 0.3) is 10.9 Å². The number of nitrogens with one attached hydrogen (secondary N) is 2. The first-order chi connectivity index (χ1) is 10.2. The molecule has 1 unspecified atom stereocenters. The second-order valence-electron chi connectivity index (χ2n) is 5.02. The van der Waals surface area contributed by atoms with Gasteiger partial charge in [0, 0.05) is 49.0 Å². The number of pyridine rings is 1. The molecule has 6 heteroatoms. The van der Waals surface area contributed by atoms with Crippen LogP contribution in [-0.2, 0) is 4.79 Å². The van der Waals surface area contributed by atoms with Gasteiger partial charge in [0.05, 0.1) is 5.52 Å². The maximum Gasteiger partial charge on any atom is 0.243 e. The number of carbonyl (C=O) groups excluding carboxylic acids is 1. The van der Waals surface area contributed by atoms with Gasteiger partial charge in [0.15, 0.2) is 0 Å². The van der Waals surface area contributed by atoms with Crippen molar-refractivity contribution in [3.05, 3.63) is 35.5 Å². The first-order valence-corrected chi connectivity index (χ1v) is 7.31. The molecule has 1 aromatic carbocycles. The van der Waals surface area contributed by atoms with Gasteiger partial charge >= 0.3 is 0 Å². The number of aromatic nitrogens is 1. The Morgan fingerprint density at radius 1 is 1.48 bits per heavy atom. The molecule has 0 aliphatic carbocycles. The normalized spacial score (nSPS) is 18.8. The fourth-order valence-corrected chi connectivity index (χ4v) is 2.92. The first kappa shape index (κ1) is 14.1. The van der Waals surface area contributed by atoms with E-state index in [1.165, 1.54) is 0 Å². The molecule has 1 aliphatic rings. The van der Waals surface area contributed by atoms with Gasteiger partial charge in [-0.05, 0) is 24.3 Å². The van der Waals surface area contributed by atoms with Crippen LogP contribution in [0.3, 0.4) is 0 Å². The van der Waals surface area contributed by atoms with Crippen molar-refractivity contribution in [2.45, 2.75) is 6.04 Å². The Morgan fingerprint density at radius 3 is 3.14 bits per heavy atom. The van der Waals surface area contributed by atoms with Crippen LogP contribution in [0.15, 0.2) is 30.5 Å². The molecule has 0 bridgehead atoms. The summed E-state index contributed by atoms with van der Waals surface area (Å²) in [7, 11) is 1.67. The van der Waals surface area contributed by atoms with E-state index in [0.717, 1.165) is 29.7 Å². The number of carbonyl (C=O) groups is 1. The number of piperazine rings is 1. The zero-order chi connectivity index (χ0) is 14.8. The van der Waals surface area contributed by atoms with Crippen LogP contribution in [0.1, 0.15) is 0 Å². The number of hydrogen-bond donors (Lipinski definition) is 2. The highest BCUT2D eigenvalue weighted by molar-refractivity contribution is 6.31. The number of halogens is 1. The van der Waals surface area contributed by atoms with E-state index in [2.05, 4.69) is 20.5 Å². The lowest BCUT2D eigenvalue weighted by atomic mass is 10.1. The van der Waals surface area contributed by atoms with Crippen LogP contribution in [-0.4, -0.2) is 43.6 Å². The SMILES string of the molecule is CNC(=O)C1CNCCN1c1ccnc2cc(Cl)ccc12. The summed E-state index contributed by atoms with van der Waals surface area (Å²) < 4.78 is 0. The Morgan fingerprint density at radius 2 is 2.33 bits per heavy atom. The van der Waals surface area contributed by atoms with E-state index in [-0.39, 0.29) is 11.9 Å². The number of fused-ring (bicyclic) bond motifs is 1. The molecule has 2 N–H and O–H groups in total. The van der Waals surface area contributed by atoms with E-state index < -0.39 is 0 Å². The maximum atomic E-state index is 12.1. The molecule has 1 aromatic heterocycles. The van der Waals surface area contributed by atoms with Crippen molar-refractivity contribution < 1.29 is 4.79 Å². The van der Waals surface area contributed by atoms with E-state index in [1.807, 2.05) is 24.3 Å². The highest BCUT2D eigenvalue weighted by Gasteiger charge is 2.29. The second-order valence-corrected chi connectivity index (χ2v) is 5.46. The molecule has 0 radical (unpaired) electrons. The molecule has 0 saturated carbocycles. The predicted molar refractivity (Wildman–Crippen MR) is 84.8 cm³/mol. The fraction of sp³-hybridized carbons (Fsp3) is 0.333. The van der Waals surface area contributed by atoms with Crippen molar-refractivity contribution >= 4 is 34.1 Å². The quantitative estimate of drug-likeness (QED) is 0.881. The smallest absolute Gasteiger partial charge is 0.243 e. The number of hydrogen-bond acceptors (Lipinski definition) is 4. The van der Waals surface area contributed by atoms with E-state index in [4.69, 9.17) is 11.6 Å². The summed E-state index contributed by atoms with van der Waals surface area (Å²) in [5, 5.41) is 7.68. The number of amides is 1. The largest absolute Gasteiger partial charge is 0.357 e. The molecule has 5 nitrogen and oxygen atoms in total. The second kappa shape index (κ2) is 5.87. The van der Waals surface area contributed by atoms with Crippen LogP contribution < -0.4 is 15.5 Å².